The molecule has 0 spiro atoms. The molecule has 2 nitrogen and oxygen atoms in total. The van der Waals surface area contributed by atoms with Crippen molar-refractivity contribution in [3.63, 3.8) is 0 Å². The van der Waals surface area contributed by atoms with E-state index in [1.54, 1.807) is 0 Å². The third-order valence-corrected chi connectivity index (χ3v) is 3.81. The van der Waals surface area contributed by atoms with Crippen molar-refractivity contribution in [3.8, 4) is 0 Å². The SMILES string of the molecule is Cc1cccc(C2=CCN(CCCCCO)CC2)c1. The van der Waals surface area contributed by atoms with Crippen LogP contribution in [0.3, 0.4) is 0 Å². The molecule has 2 rings (SSSR count). The van der Waals surface area contributed by atoms with Gasteiger partial charge in [0.25, 0.3) is 0 Å². The van der Waals surface area contributed by atoms with E-state index in [0.29, 0.717) is 6.61 Å². The van der Waals surface area contributed by atoms with Gasteiger partial charge in [0.15, 0.2) is 0 Å². The van der Waals surface area contributed by atoms with Crippen molar-refractivity contribution in [2.75, 3.05) is 26.2 Å². The van der Waals surface area contributed by atoms with E-state index in [9.17, 15) is 0 Å². The summed E-state index contributed by atoms with van der Waals surface area (Å²) in [5.41, 5.74) is 4.22. The van der Waals surface area contributed by atoms with Gasteiger partial charge in [0.1, 0.15) is 0 Å². The summed E-state index contributed by atoms with van der Waals surface area (Å²) in [5.74, 6) is 0. The van der Waals surface area contributed by atoms with E-state index in [-0.39, 0.29) is 0 Å². The fourth-order valence-electron chi connectivity index (χ4n) is 2.65. The first kappa shape index (κ1) is 14.3. The van der Waals surface area contributed by atoms with E-state index in [2.05, 4.69) is 42.2 Å². The first-order chi connectivity index (χ1) is 9.29. The molecule has 1 aliphatic heterocycles. The summed E-state index contributed by atoms with van der Waals surface area (Å²) in [6.07, 6.45) is 6.82. The van der Waals surface area contributed by atoms with Crippen molar-refractivity contribution in [1.29, 1.82) is 0 Å². The first-order valence-corrected chi connectivity index (χ1v) is 7.39. The highest BCUT2D eigenvalue weighted by Crippen LogP contribution is 2.23. The summed E-state index contributed by atoms with van der Waals surface area (Å²) in [5, 5.41) is 8.76. The Labute approximate surface area is 116 Å². The van der Waals surface area contributed by atoms with Crippen LogP contribution in [0, 0.1) is 6.92 Å². The Balaban J connectivity index is 1.83. The van der Waals surface area contributed by atoms with Gasteiger partial charge in [-0.2, -0.15) is 0 Å². The molecule has 0 atom stereocenters. The number of unbranched alkanes of at least 4 members (excludes halogenated alkanes) is 2. The lowest BCUT2D eigenvalue weighted by Gasteiger charge is -2.26. The number of rotatable bonds is 6. The highest BCUT2D eigenvalue weighted by atomic mass is 16.2. The molecule has 0 aromatic heterocycles. The van der Waals surface area contributed by atoms with Crippen molar-refractivity contribution in [2.45, 2.75) is 32.6 Å². The second-order valence-electron chi connectivity index (χ2n) is 5.43. The molecule has 19 heavy (non-hydrogen) atoms. The molecule has 1 aromatic carbocycles. The van der Waals surface area contributed by atoms with Gasteiger partial charge < -0.3 is 5.11 Å². The topological polar surface area (TPSA) is 23.5 Å². The number of aliphatic hydroxyl groups is 1. The van der Waals surface area contributed by atoms with Crippen LogP contribution < -0.4 is 0 Å². The zero-order valence-electron chi connectivity index (χ0n) is 11.9. The van der Waals surface area contributed by atoms with Gasteiger partial charge in [-0.05, 0) is 50.3 Å². The third-order valence-electron chi connectivity index (χ3n) is 3.81. The van der Waals surface area contributed by atoms with Crippen LogP contribution in [0.25, 0.3) is 5.57 Å². The van der Waals surface area contributed by atoms with Crippen LogP contribution in [-0.2, 0) is 0 Å². The Morgan fingerprint density at radius 1 is 1.21 bits per heavy atom. The Kier molecular flexibility index (Phi) is 5.62. The lowest BCUT2D eigenvalue weighted by molar-refractivity contribution is 0.265. The number of aryl methyl sites for hydroxylation is 1. The normalized spacial score (nSPS) is 16.4. The average molecular weight is 259 g/mol. The summed E-state index contributed by atoms with van der Waals surface area (Å²) >= 11 is 0. The number of nitrogens with zero attached hydrogens (tertiary/aromatic N) is 1. The maximum Gasteiger partial charge on any atom is 0.0431 e. The van der Waals surface area contributed by atoms with E-state index in [1.165, 1.54) is 29.7 Å². The smallest absolute Gasteiger partial charge is 0.0431 e. The molecule has 0 fully saturated rings. The Morgan fingerprint density at radius 3 is 2.79 bits per heavy atom. The van der Waals surface area contributed by atoms with Crippen molar-refractivity contribution in [2.24, 2.45) is 0 Å². The second-order valence-corrected chi connectivity index (χ2v) is 5.43. The molecule has 104 valence electrons. The lowest BCUT2D eigenvalue weighted by Crippen LogP contribution is -2.29. The second kappa shape index (κ2) is 7.46. The molecular formula is C17H25NO. The minimum atomic E-state index is 0.331. The third kappa shape index (κ3) is 4.48. The van der Waals surface area contributed by atoms with Crippen molar-refractivity contribution in [3.05, 3.63) is 41.5 Å². The molecule has 1 aliphatic rings. The van der Waals surface area contributed by atoms with E-state index in [4.69, 9.17) is 5.11 Å². The molecule has 1 N–H and O–H groups in total. The zero-order chi connectivity index (χ0) is 13.5. The molecule has 0 unspecified atom stereocenters. The van der Waals surface area contributed by atoms with E-state index in [1.807, 2.05) is 0 Å². The summed E-state index contributed by atoms with van der Waals surface area (Å²) in [6.45, 7) is 5.89. The predicted octanol–water partition coefficient (Wildman–Crippen LogP) is 3.25. The van der Waals surface area contributed by atoms with E-state index >= 15 is 0 Å². The molecule has 0 saturated carbocycles. The van der Waals surface area contributed by atoms with Gasteiger partial charge in [0, 0.05) is 19.7 Å². The Hall–Kier alpha value is -1.12. The van der Waals surface area contributed by atoms with Crippen molar-refractivity contribution in [1.82, 2.24) is 4.90 Å². The number of benzene rings is 1. The van der Waals surface area contributed by atoms with Crippen LogP contribution in [0.4, 0.5) is 0 Å². The molecule has 0 aliphatic carbocycles. The molecule has 1 heterocycles. The van der Waals surface area contributed by atoms with Crippen LogP contribution in [0.15, 0.2) is 30.3 Å². The molecule has 2 heteroatoms. The monoisotopic (exact) mass is 259 g/mol. The fraction of sp³-hybridized carbons (Fsp3) is 0.529. The first-order valence-electron chi connectivity index (χ1n) is 7.39. The minimum absolute atomic E-state index is 0.331. The van der Waals surface area contributed by atoms with Gasteiger partial charge in [-0.3, -0.25) is 4.90 Å². The van der Waals surface area contributed by atoms with Crippen LogP contribution in [0.1, 0.15) is 36.8 Å². The van der Waals surface area contributed by atoms with Crippen molar-refractivity contribution >= 4 is 5.57 Å². The summed E-state index contributed by atoms with van der Waals surface area (Å²) in [4.78, 5) is 2.51. The average Bonchev–Trinajstić information content (AvgIpc) is 2.44. The van der Waals surface area contributed by atoms with Crippen molar-refractivity contribution < 1.29 is 5.11 Å². The molecular weight excluding hydrogens is 234 g/mol. The molecule has 0 radical (unpaired) electrons. The lowest BCUT2D eigenvalue weighted by atomic mass is 9.98. The highest BCUT2D eigenvalue weighted by molar-refractivity contribution is 5.67. The molecule has 0 amide bonds. The number of aliphatic hydroxyl groups excluding tert-OH is 1. The summed E-state index contributed by atoms with van der Waals surface area (Å²) in [7, 11) is 0. The maximum absolute atomic E-state index is 8.76. The van der Waals surface area contributed by atoms with Crippen LogP contribution in [-0.4, -0.2) is 36.2 Å². The zero-order valence-corrected chi connectivity index (χ0v) is 11.9. The van der Waals surface area contributed by atoms with Crippen LogP contribution >= 0.6 is 0 Å². The number of hydrogen-bond acceptors (Lipinski definition) is 2. The molecule has 0 bridgehead atoms. The number of hydrogen-bond donors (Lipinski definition) is 1. The van der Waals surface area contributed by atoms with Gasteiger partial charge >= 0.3 is 0 Å². The van der Waals surface area contributed by atoms with Gasteiger partial charge in [-0.25, -0.2) is 0 Å². The maximum atomic E-state index is 8.76. The largest absolute Gasteiger partial charge is 0.396 e. The highest BCUT2D eigenvalue weighted by Gasteiger charge is 2.12. The van der Waals surface area contributed by atoms with E-state index in [0.717, 1.165) is 32.4 Å². The van der Waals surface area contributed by atoms with Crippen LogP contribution in [0.5, 0.6) is 0 Å². The summed E-state index contributed by atoms with van der Waals surface area (Å²) in [6, 6.07) is 8.80. The Bertz CT molecular complexity index is 425. The van der Waals surface area contributed by atoms with Gasteiger partial charge in [-0.15, -0.1) is 0 Å². The van der Waals surface area contributed by atoms with Crippen LogP contribution in [0.2, 0.25) is 0 Å². The molecule has 1 aromatic rings. The minimum Gasteiger partial charge on any atom is -0.396 e. The van der Waals surface area contributed by atoms with Gasteiger partial charge in [-0.1, -0.05) is 35.9 Å². The van der Waals surface area contributed by atoms with Gasteiger partial charge in [0.05, 0.1) is 0 Å². The molecule has 0 saturated heterocycles. The fourth-order valence-corrected chi connectivity index (χ4v) is 2.65. The van der Waals surface area contributed by atoms with E-state index < -0.39 is 0 Å². The standard InChI is InChI=1S/C17H25NO/c1-15-6-5-7-17(14-15)16-8-11-18(12-9-16)10-3-2-4-13-19/h5-8,14,19H,2-4,9-13H2,1H3. The summed E-state index contributed by atoms with van der Waals surface area (Å²) < 4.78 is 0. The predicted molar refractivity (Wildman–Crippen MR) is 81.1 cm³/mol. The Morgan fingerprint density at radius 2 is 2.11 bits per heavy atom. The van der Waals surface area contributed by atoms with Gasteiger partial charge in [0.2, 0.25) is 0 Å². The quantitative estimate of drug-likeness (QED) is 0.793.